The molecule has 0 bridgehead atoms. The van der Waals surface area contributed by atoms with Crippen LogP contribution in [0.5, 0.6) is 0 Å². The second-order valence-electron chi connectivity index (χ2n) is 5.63. The third-order valence-corrected chi connectivity index (χ3v) is 5.49. The zero-order chi connectivity index (χ0) is 15.8. The van der Waals surface area contributed by atoms with Crippen molar-refractivity contribution in [1.29, 1.82) is 0 Å². The van der Waals surface area contributed by atoms with Crippen molar-refractivity contribution in [2.24, 2.45) is 0 Å². The number of aryl methyl sites for hydroxylation is 1. The van der Waals surface area contributed by atoms with E-state index in [1.54, 1.807) is 0 Å². The lowest BCUT2D eigenvalue weighted by atomic mass is 10.1. The second-order valence-corrected chi connectivity index (χ2v) is 7.16. The molecule has 4 aromatic rings. The normalized spacial score (nSPS) is 11.8. The average molecular weight is 316 g/mol. The van der Waals surface area contributed by atoms with Crippen LogP contribution in [0.1, 0.15) is 5.56 Å². The Labute approximate surface area is 135 Å². The van der Waals surface area contributed by atoms with Crippen LogP contribution in [-0.4, -0.2) is 4.98 Å². The molecule has 1 atom stereocenters. The van der Waals surface area contributed by atoms with Gasteiger partial charge in [0.2, 0.25) is 0 Å². The molecule has 0 fully saturated rings. The van der Waals surface area contributed by atoms with Crippen molar-refractivity contribution >= 4 is 40.2 Å². The third kappa shape index (κ3) is 2.42. The van der Waals surface area contributed by atoms with Crippen molar-refractivity contribution in [3.63, 3.8) is 0 Å². The van der Waals surface area contributed by atoms with Crippen molar-refractivity contribution in [3.05, 3.63) is 78.4 Å². The molecular weight excluding hydrogens is 301 g/mol. The standard InChI is InChI=1S/C20H15NOP/c1-14-7-6-8-15(13-14)23(22)20-18-11-3-2-9-16(18)17-10-4-5-12-19(17)21-20/h2-13H,1H3/q+1. The number of para-hydroxylation sites is 1. The van der Waals surface area contributed by atoms with Gasteiger partial charge in [0.1, 0.15) is 0 Å². The van der Waals surface area contributed by atoms with E-state index in [2.05, 4.69) is 12.1 Å². The molecule has 1 heterocycles. The highest BCUT2D eigenvalue weighted by Gasteiger charge is 2.29. The van der Waals surface area contributed by atoms with Gasteiger partial charge in [-0.15, -0.1) is 0 Å². The summed E-state index contributed by atoms with van der Waals surface area (Å²) in [5.74, 6) is 0. The number of nitrogens with zero attached hydrogens (tertiary/aromatic N) is 1. The predicted molar refractivity (Wildman–Crippen MR) is 97.3 cm³/mol. The molecule has 0 spiro atoms. The second kappa shape index (κ2) is 5.57. The number of fused-ring (bicyclic) bond motifs is 3. The van der Waals surface area contributed by atoms with Crippen LogP contribution in [0.4, 0.5) is 0 Å². The highest BCUT2D eigenvalue weighted by atomic mass is 31.1. The summed E-state index contributed by atoms with van der Waals surface area (Å²) < 4.78 is 13.1. The Morgan fingerprint density at radius 2 is 1.48 bits per heavy atom. The summed E-state index contributed by atoms with van der Waals surface area (Å²) in [5.41, 5.74) is 2.66. The minimum atomic E-state index is -1.72. The van der Waals surface area contributed by atoms with E-state index in [1.807, 2.05) is 67.6 Å². The van der Waals surface area contributed by atoms with Gasteiger partial charge in [-0.2, -0.15) is 0 Å². The Morgan fingerprint density at radius 3 is 2.26 bits per heavy atom. The molecule has 0 aliphatic rings. The van der Waals surface area contributed by atoms with Crippen LogP contribution >= 0.6 is 7.80 Å². The Kier molecular flexibility index (Phi) is 3.40. The number of aromatic nitrogens is 1. The smallest absolute Gasteiger partial charge is 0.203 e. The summed E-state index contributed by atoms with van der Waals surface area (Å²) in [7, 11) is -1.72. The molecule has 110 valence electrons. The predicted octanol–water partition coefficient (Wildman–Crippen LogP) is 4.47. The zero-order valence-corrected chi connectivity index (χ0v) is 13.6. The Hall–Kier alpha value is -2.57. The lowest BCUT2D eigenvalue weighted by molar-refractivity contribution is 0.598. The number of benzene rings is 3. The fraction of sp³-hybridized carbons (Fsp3) is 0.0500. The maximum atomic E-state index is 13.1. The molecule has 3 aromatic carbocycles. The van der Waals surface area contributed by atoms with E-state index in [-0.39, 0.29) is 0 Å². The van der Waals surface area contributed by atoms with E-state index in [0.29, 0.717) is 5.44 Å². The van der Waals surface area contributed by atoms with E-state index < -0.39 is 7.80 Å². The number of rotatable bonds is 2. The zero-order valence-electron chi connectivity index (χ0n) is 12.7. The minimum absolute atomic E-state index is 0.667. The summed E-state index contributed by atoms with van der Waals surface area (Å²) in [4.78, 5) is 4.73. The van der Waals surface area contributed by atoms with Crippen LogP contribution in [0, 0.1) is 6.92 Å². The lowest BCUT2D eigenvalue weighted by Crippen LogP contribution is -2.12. The molecule has 2 nitrogen and oxygen atoms in total. The molecule has 0 N–H and O–H groups in total. The minimum Gasteiger partial charge on any atom is -0.203 e. The van der Waals surface area contributed by atoms with E-state index in [0.717, 1.165) is 32.5 Å². The van der Waals surface area contributed by atoms with Crippen molar-refractivity contribution in [1.82, 2.24) is 4.98 Å². The highest BCUT2D eigenvalue weighted by Crippen LogP contribution is 2.29. The van der Waals surface area contributed by atoms with Crippen LogP contribution in [0.3, 0.4) is 0 Å². The molecule has 1 unspecified atom stereocenters. The van der Waals surface area contributed by atoms with Crippen LogP contribution in [0.2, 0.25) is 0 Å². The first kappa shape index (κ1) is 14.0. The van der Waals surface area contributed by atoms with Gasteiger partial charge in [0.05, 0.1) is 10.9 Å². The van der Waals surface area contributed by atoms with Gasteiger partial charge < -0.3 is 0 Å². The Morgan fingerprint density at radius 1 is 0.783 bits per heavy atom. The SMILES string of the molecule is Cc1cccc([P+](=O)c2nc3ccccc3c3ccccc23)c1. The van der Waals surface area contributed by atoms with Crippen molar-refractivity contribution in [2.75, 3.05) is 0 Å². The van der Waals surface area contributed by atoms with E-state index in [1.165, 1.54) is 0 Å². The molecule has 0 saturated heterocycles. The van der Waals surface area contributed by atoms with E-state index >= 15 is 0 Å². The van der Waals surface area contributed by atoms with Crippen molar-refractivity contribution in [3.8, 4) is 0 Å². The maximum absolute atomic E-state index is 13.1. The maximum Gasteiger partial charge on any atom is 0.436 e. The Balaban J connectivity index is 2.03. The summed E-state index contributed by atoms with van der Waals surface area (Å²) in [6, 6.07) is 23.9. The number of pyridine rings is 1. The summed E-state index contributed by atoms with van der Waals surface area (Å²) in [6.45, 7) is 2.01. The summed E-state index contributed by atoms with van der Waals surface area (Å²) >= 11 is 0. The molecule has 0 saturated carbocycles. The van der Waals surface area contributed by atoms with Gasteiger partial charge in [-0.25, -0.2) is 4.98 Å². The number of hydrogen-bond donors (Lipinski definition) is 0. The van der Waals surface area contributed by atoms with Gasteiger partial charge in [0.25, 0.3) is 5.44 Å². The largest absolute Gasteiger partial charge is 0.436 e. The topological polar surface area (TPSA) is 30.0 Å². The van der Waals surface area contributed by atoms with Crippen molar-refractivity contribution < 1.29 is 4.57 Å². The Bertz CT molecular complexity index is 1060. The highest BCUT2D eigenvalue weighted by molar-refractivity contribution is 7.61. The number of hydrogen-bond acceptors (Lipinski definition) is 2. The summed E-state index contributed by atoms with van der Waals surface area (Å²) in [6.07, 6.45) is 0. The van der Waals surface area contributed by atoms with E-state index in [9.17, 15) is 4.57 Å². The monoisotopic (exact) mass is 316 g/mol. The molecule has 23 heavy (non-hydrogen) atoms. The van der Waals surface area contributed by atoms with Gasteiger partial charge in [-0.3, -0.25) is 0 Å². The molecule has 0 aliphatic carbocycles. The first-order valence-corrected chi connectivity index (χ1v) is 8.81. The fourth-order valence-corrected chi connectivity index (χ4v) is 4.32. The van der Waals surface area contributed by atoms with Crippen LogP contribution in [0.15, 0.2) is 72.8 Å². The van der Waals surface area contributed by atoms with Crippen LogP contribution in [0.25, 0.3) is 21.7 Å². The van der Waals surface area contributed by atoms with Crippen LogP contribution in [-0.2, 0) is 4.57 Å². The molecule has 0 aliphatic heterocycles. The van der Waals surface area contributed by atoms with Crippen molar-refractivity contribution in [2.45, 2.75) is 6.92 Å². The third-order valence-electron chi connectivity index (χ3n) is 4.02. The molecule has 3 heteroatoms. The molecule has 1 aromatic heterocycles. The van der Waals surface area contributed by atoms with Gasteiger partial charge in [0, 0.05) is 5.39 Å². The van der Waals surface area contributed by atoms with Crippen LogP contribution < -0.4 is 10.7 Å². The average Bonchev–Trinajstić information content (AvgIpc) is 2.60. The van der Waals surface area contributed by atoms with Gasteiger partial charge in [-0.1, -0.05) is 53.1 Å². The fourth-order valence-electron chi connectivity index (χ4n) is 2.92. The quantitative estimate of drug-likeness (QED) is 0.403. The van der Waals surface area contributed by atoms with Gasteiger partial charge in [-0.05, 0) is 42.1 Å². The molecule has 0 amide bonds. The first-order valence-electron chi connectivity index (χ1n) is 7.55. The first-order chi connectivity index (χ1) is 11.2. The molecular formula is C20H15NOP+. The van der Waals surface area contributed by atoms with Gasteiger partial charge in [0.15, 0.2) is 5.30 Å². The summed E-state index contributed by atoms with van der Waals surface area (Å²) in [5, 5.41) is 3.99. The van der Waals surface area contributed by atoms with Gasteiger partial charge >= 0.3 is 7.80 Å². The molecule has 4 rings (SSSR count). The lowest BCUT2D eigenvalue weighted by Gasteiger charge is -2.03. The van der Waals surface area contributed by atoms with E-state index in [4.69, 9.17) is 4.98 Å². The molecule has 0 radical (unpaired) electrons.